The maximum atomic E-state index is 13.7. The summed E-state index contributed by atoms with van der Waals surface area (Å²) in [5, 5.41) is 25.9. The molecule has 1 aromatic heterocycles. The number of carbonyl (C=O) groups excluding carboxylic acids is 1. The zero-order chi connectivity index (χ0) is 16.4. The van der Waals surface area contributed by atoms with E-state index in [0.29, 0.717) is 19.3 Å². The molecule has 7 heteroatoms. The highest BCUT2D eigenvalue weighted by Crippen LogP contribution is 2.23. The number of benzene rings is 1. The average molecular weight is 320 g/mol. The highest BCUT2D eigenvalue weighted by atomic mass is 19.1. The Morgan fingerprint density at radius 2 is 2.09 bits per heavy atom. The number of hydrogen-bond donors (Lipinski definition) is 3. The van der Waals surface area contributed by atoms with Crippen LogP contribution < -0.4 is 5.32 Å². The van der Waals surface area contributed by atoms with E-state index in [1.807, 2.05) is 0 Å². The van der Waals surface area contributed by atoms with Crippen LogP contribution in [-0.4, -0.2) is 39.5 Å². The number of aromatic nitrogens is 1. The van der Waals surface area contributed by atoms with Gasteiger partial charge >= 0.3 is 0 Å². The fourth-order valence-electron chi connectivity index (χ4n) is 2.73. The number of nitrogens with one attached hydrogen (secondary N) is 1. The highest BCUT2D eigenvalue weighted by Gasteiger charge is 2.32. The van der Waals surface area contributed by atoms with Gasteiger partial charge in [-0.15, -0.1) is 0 Å². The lowest BCUT2D eigenvalue weighted by Gasteiger charge is -2.31. The summed E-state index contributed by atoms with van der Waals surface area (Å²) < 4.78 is 18.7. The van der Waals surface area contributed by atoms with E-state index in [2.05, 4.69) is 10.5 Å². The molecule has 0 saturated heterocycles. The van der Waals surface area contributed by atoms with Gasteiger partial charge in [0.25, 0.3) is 5.91 Å². The summed E-state index contributed by atoms with van der Waals surface area (Å²) in [6.07, 6.45) is -0.0783. The van der Waals surface area contributed by atoms with Crippen LogP contribution in [0.1, 0.15) is 29.8 Å². The molecule has 3 rings (SSSR count). The van der Waals surface area contributed by atoms with Gasteiger partial charge in [-0.2, -0.15) is 0 Å². The van der Waals surface area contributed by atoms with Crippen molar-refractivity contribution in [2.45, 2.75) is 37.5 Å². The molecule has 122 valence electrons. The molecule has 1 fully saturated rings. The molecule has 1 aliphatic carbocycles. The summed E-state index contributed by atoms with van der Waals surface area (Å²) in [5.41, 5.74) is 0.459. The van der Waals surface area contributed by atoms with Crippen LogP contribution in [0.2, 0.25) is 0 Å². The lowest BCUT2D eigenvalue weighted by molar-refractivity contribution is -0.0280. The number of rotatable bonds is 3. The smallest absolute Gasteiger partial charge is 0.290 e. The summed E-state index contributed by atoms with van der Waals surface area (Å²) in [5.74, 6) is -1.09. The maximum absolute atomic E-state index is 13.7. The van der Waals surface area contributed by atoms with E-state index < -0.39 is 30.0 Å². The minimum atomic E-state index is -1.01. The predicted octanol–water partition coefficient (Wildman–Crippen LogP) is 1.48. The standard InChI is InChI=1S/C16H17FN2O4/c17-10-5-2-1-4-9(10)12-8-14(23-19-12)16(22)18-11-6-3-7-13(20)15(11)21/h1-2,4-5,8,11,13,15,20-21H,3,6-7H2,(H,18,22)/t11-,13-,15-/m1/s1. The van der Waals surface area contributed by atoms with Gasteiger partial charge in [0.15, 0.2) is 0 Å². The Morgan fingerprint density at radius 1 is 1.30 bits per heavy atom. The number of carbonyl (C=O) groups is 1. The van der Waals surface area contributed by atoms with Crippen molar-refractivity contribution in [3.63, 3.8) is 0 Å². The Hall–Kier alpha value is -2.25. The van der Waals surface area contributed by atoms with Crippen molar-refractivity contribution >= 4 is 5.91 Å². The van der Waals surface area contributed by atoms with Crippen molar-refractivity contribution in [3.05, 3.63) is 41.9 Å². The summed E-state index contributed by atoms with van der Waals surface area (Å²) in [7, 11) is 0. The topological polar surface area (TPSA) is 95.6 Å². The Morgan fingerprint density at radius 3 is 2.87 bits per heavy atom. The van der Waals surface area contributed by atoms with Gasteiger partial charge in [0, 0.05) is 11.6 Å². The molecule has 23 heavy (non-hydrogen) atoms. The molecule has 0 spiro atoms. The van der Waals surface area contributed by atoms with Crippen LogP contribution in [0.5, 0.6) is 0 Å². The van der Waals surface area contributed by atoms with Gasteiger partial charge in [0.05, 0.1) is 12.1 Å². The Bertz CT molecular complexity index is 703. The quantitative estimate of drug-likeness (QED) is 0.796. The largest absolute Gasteiger partial charge is 0.390 e. The number of aliphatic hydroxyl groups is 2. The molecule has 1 aromatic carbocycles. The molecule has 1 saturated carbocycles. The van der Waals surface area contributed by atoms with Crippen molar-refractivity contribution in [1.29, 1.82) is 0 Å². The summed E-state index contributed by atoms with van der Waals surface area (Å²) in [4.78, 5) is 12.2. The third kappa shape index (κ3) is 3.25. The first kappa shape index (κ1) is 15.6. The fraction of sp³-hybridized carbons (Fsp3) is 0.375. The van der Waals surface area contributed by atoms with E-state index in [1.165, 1.54) is 18.2 Å². The van der Waals surface area contributed by atoms with Gasteiger partial charge in [-0.1, -0.05) is 17.3 Å². The lowest BCUT2D eigenvalue weighted by Crippen LogP contribution is -2.50. The van der Waals surface area contributed by atoms with Crippen LogP contribution in [0.4, 0.5) is 4.39 Å². The van der Waals surface area contributed by atoms with Crippen LogP contribution in [-0.2, 0) is 0 Å². The van der Waals surface area contributed by atoms with E-state index in [9.17, 15) is 19.4 Å². The van der Waals surface area contributed by atoms with Crippen LogP contribution in [0.25, 0.3) is 11.3 Å². The molecule has 0 bridgehead atoms. The SMILES string of the molecule is O=C(N[C@@H]1CCC[C@@H](O)[C@@H]1O)c1cc(-c2ccccc2F)no1. The summed E-state index contributed by atoms with van der Waals surface area (Å²) in [6.45, 7) is 0. The fourth-order valence-corrected chi connectivity index (χ4v) is 2.73. The number of hydrogen-bond acceptors (Lipinski definition) is 5. The van der Waals surface area contributed by atoms with Crippen molar-refractivity contribution in [2.75, 3.05) is 0 Å². The normalized spacial score (nSPS) is 24.4. The van der Waals surface area contributed by atoms with Crippen molar-refractivity contribution < 1.29 is 23.9 Å². The molecular formula is C16H17FN2O4. The van der Waals surface area contributed by atoms with E-state index in [1.54, 1.807) is 12.1 Å². The second-order valence-electron chi connectivity index (χ2n) is 5.63. The molecule has 1 heterocycles. The highest BCUT2D eigenvalue weighted by molar-refractivity contribution is 5.92. The Balaban J connectivity index is 1.73. The van der Waals surface area contributed by atoms with Gasteiger partial charge < -0.3 is 20.1 Å². The number of nitrogens with zero attached hydrogens (tertiary/aromatic N) is 1. The van der Waals surface area contributed by atoms with E-state index in [-0.39, 0.29) is 17.0 Å². The maximum Gasteiger partial charge on any atom is 0.290 e. The van der Waals surface area contributed by atoms with Gasteiger partial charge in [0.1, 0.15) is 17.6 Å². The zero-order valence-electron chi connectivity index (χ0n) is 12.3. The predicted molar refractivity (Wildman–Crippen MR) is 79.0 cm³/mol. The van der Waals surface area contributed by atoms with Gasteiger partial charge in [-0.3, -0.25) is 4.79 Å². The zero-order valence-corrected chi connectivity index (χ0v) is 12.3. The van der Waals surface area contributed by atoms with Crippen LogP contribution in [0.3, 0.4) is 0 Å². The molecule has 2 aromatic rings. The van der Waals surface area contributed by atoms with Crippen LogP contribution in [0.15, 0.2) is 34.9 Å². The monoisotopic (exact) mass is 320 g/mol. The van der Waals surface area contributed by atoms with E-state index in [4.69, 9.17) is 4.52 Å². The first-order valence-electron chi connectivity index (χ1n) is 7.45. The molecule has 1 amide bonds. The van der Waals surface area contributed by atoms with Crippen LogP contribution >= 0.6 is 0 Å². The molecule has 0 radical (unpaired) electrons. The molecule has 3 atom stereocenters. The minimum Gasteiger partial charge on any atom is -0.390 e. The van der Waals surface area contributed by atoms with Crippen molar-refractivity contribution in [3.8, 4) is 11.3 Å². The first-order valence-corrected chi connectivity index (χ1v) is 7.45. The van der Waals surface area contributed by atoms with Crippen molar-refractivity contribution in [1.82, 2.24) is 10.5 Å². The molecule has 0 aliphatic heterocycles. The summed E-state index contributed by atoms with van der Waals surface area (Å²) >= 11 is 0. The molecule has 1 aliphatic rings. The first-order chi connectivity index (χ1) is 11.1. The van der Waals surface area contributed by atoms with Gasteiger partial charge in [-0.05, 0) is 31.4 Å². The second-order valence-corrected chi connectivity index (χ2v) is 5.63. The third-order valence-electron chi connectivity index (χ3n) is 4.02. The number of aliphatic hydroxyl groups excluding tert-OH is 2. The molecule has 0 unspecified atom stereocenters. The van der Waals surface area contributed by atoms with Crippen LogP contribution in [0, 0.1) is 5.82 Å². The Kier molecular flexibility index (Phi) is 4.40. The lowest BCUT2D eigenvalue weighted by atomic mass is 9.90. The Labute approximate surface area is 131 Å². The number of halogens is 1. The van der Waals surface area contributed by atoms with Gasteiger partial charge in [-0.25, -0.2) is 4.39 Å². The van der Waals surface area contributed by atoms with E-state index >= 15 is 0 Å². The minimum absolute atomic E-state index is 0.0736. The van der Waals surface area contributed by atoms with Gasteiger partial charge in [0.2, 0.25) is 5.76 Å². The number of amides is 1. The second kappa shape index (κ2) is 6.47. The molecule has 3 N–H and O–H groups in total. The molecular weight excluding hydrogens is 303 g/mol. The third-order valence-corrected chi connectivity index (χ3v) is 4.02. The van der Waals surface area contributed by atoms with E-state index in [0.717, 1.165) is 0 Å². The van der Waals surface area contributed by atoms with Crippen molar-refractivity contribution in [2.24, 2.45) is 0 Å². The average Bonchev–Trinajstić information content (AvgIpc) is 3.02. The molecule has 6 nitrogen and oxygen atoms in total. The summed E-state index contributed by atoms with van der Waals surface area (Å²) in [6, 6.07) is 6.85.